The van der Waals surface area contributed by atoms with Gasteiger partial charge >= 0.3 is 0 Å². The summed E-state index contributed by atoms with van der Waals surface area (Å²) in [5, 5.41) is 9.21. The van der Waals surface area contributed by atoms with Crippen LogP contribution in [-0.2, 0) is 10.0 Å². The van der Waals surface area contributed by atoms with Crippen molar-refractivity contribution >= 4 is 15.7 Å². The van der Waals surface area contributed by atoms with Crippen molar-refractivity contribution < 1.29 is 13.5 Å². The summed E-state index contributed by atoms with van der Waals surface area (Å²) in [7, 11) is -3.37. The average molecular weight is 243 g/mol. The van der Waals surface area contributed by atoms with Crippen molar-refractivity contribution in [3.8, 4) is 5.75 Å². The second-order valence-electron chi connectivity index (χ2n) is 4.97. The van der Waals surface area contributed by atoms with Gasteiger partial charge in [0.05, 0.1) is 11.4 Å². The minimum atomic E-state index is -3.37. The van der Waals surface area contributed by atoms with E-state index in [4.69, 9.17) is 0 Å². The molecule has 0 fully saturated rings. The number of phenolic OH excluding ortho intramolecular Hbond substituents is 1. The highest BCUT2D eigenvalue weighted by Gasteiger charge is 2.21. The lowest BCUT2D eigenvalue weighted by Gasteiger charge is -2.18. The van der Waals surface area contributed by atoms with Crippen molar-refractivity contribution in [2.45, 2.75) is 20.8 Å². The zero-order valence-electron chi connectivity index (χ0n) is 9.69. The Kier molecular flexibility index (Phi) is 3.48. The van der Waals surface area contributed by atoms with Crippen molar-refractivity contribution in [1.29, 1.82) is 0 Å². The molecule has 2 N–H and O–H groups in total. The molecule has 0 aliphatic heterocycles. The molecule has 0 saturated carbocycles. The van der Waals surface area contributed by atoms with Gasteiger partial charge in [0.15, 0.2) is 0 Å². The molecule has 0 bridgehead atoms. The van der Waals surface area contributed by atoms with Gasteiger partial charge in [0, 0.05) is 6.07 Å². The minimum Gasteiger partial charge on any atom is -0.508 e. The lowest BCUT2D eigenvalue weighted by Crippen LogP contribution is -2.26. The molecular weight excluding hydrogens is 226 g/mol. The van der Waals surface area contributed by atoms with Crippen LogP contribution in [0.1, 0.15) is 20.8 Å². The Balaban J connectivity index is 2.81. The zero-order valence-corrected chi connectivity index (χ0v) is 10.5. The summed E-state index contributed by atoms with van der Waals surface area (Å²) >= 11 is 0. The molecule has 0 atom stereocenters. The second-order valence-corrected chi connectivity index (χ2v) is 6.69. The summed E-state index contributed by atoms with van der Waals surface area (Å²) < 4.78 is 25.9. The topological polar surface area (TPSA) is 66.4 Å². The van der Waals surface area contributed by atoms with Gasteiger partial charge in [0.1, 0.15) is 5.75 Å². The summed E-state index contributed by atoms with van der Waals surface area (Å²) in [6, 6.07) is 6.05. The fraction of sp³-hybridized carbons (Fsp3) is 0.455. The van der Waals surface area contributed by atoms with Gasteiger partial charge in [-0.1, -0.05) is 26.8 Å². The first-order valence-corrected chi connectivity index (χ1v) is 6.63. The fourth-order valence-corrected chi connectivity index (χ4v) is 3.05. The molecule has 1 rings (SSSR count). The quantitative estimate of drug-likeness (QED) is 0.855. The van der Waals surface area contributed by atoms with E-state index >= 15 is 0 Å². The summed E-state index contributed by atoms with van der Waals surface area (Å²) in [6.07, 6.45) is 0. The van der Waals surface area contributed by atoms with E-state index in [1.165, 1.54) is 12.1 Å². The van der Waals surface area contributed by atoms with Crippen LogP contribution in [0.15, 0.2) is 24.3 Å². The van der Waals surface area contributed by atoms with E-state index in [0.29, 0.717) is 5.69 Å². The Bertz CT molecular complexity index is 460. The number of hydrogen-bond donors (Lipinski definition) is 2. The highest BCUT2D eigenvalue weighted by Crippen LogP contribution is 2.20. The van der Waals surface area contributed by atoms with Crippen molar-refractivity contribution in [2.24, 2.45) is 5.41 Å². The van der Waals surface area contributed by atoms with Crippen molar-refractivity contribution in [3.05, 3.63) is 24.3 Å². The summed E-state index contributed by atoms with van der Waals surface area (Å²) in [6.45, 7) is 5.57. The van der Waals surface area contributed by atoms with Gasteiger partial charge in [-0.3, -0.25) is 4.72 Å². The van der Waals surface area contributed by atoms with E-state index in [-0.39, 0.29) is 16.9 Å². The molecule has 0 aliphatic rings. The van der Waals surface area contributed by atoms with Gasteiger partial charge in [-0.2, -0.15) is 0 Å². The average Bonchev–Trinajstić information content (AvgIpc) is 1.96. The highest BCUT2D eigenvalue weighted by atomic mass is 32.2. The number of hydrogen-bond acceptors (Lipinski definition) is 3. The largest absolute Gasteiger partial charge is 0.508 e. The van der Waals surface area contributed by atoms with Gasteiger partial charge < -0.3 is 5.11 Å². The van der Waals surface area contributed by atoms with E-state index < -0.39 is 10.0 Å². The lowest BCUT2D eigenvalue weighted by molar-refractivity contribution is 0.463. The van der Waals surface area contributed by atoms with E-state index in [0.717, 1.165) is 0 Å². The number of anilines is 1. The molecule has 0 unspecified atom stereocenters. The lowest BCUT2D eigenvalue weighted by atomic mass is 10.0. The molecule has 0 amide bonds. The molecule has 5 heteroatoms. The summed E-state index contributed by atoms with van der Waals surface area (Å²) in [4.78, 5) is 0. The van der Waals surface area contributed by atoms with Crippen LogP contribution in [0.3, 0.4) is 0 Å². The molecule has 0 aliphatic carbocycles. The van der Waals surface area contributed by atoms with Crippen LogP contribution in [-0.4, -0.2) is 19.3 Å². The first-order chi connectivity index (χ1) is 7.18. The predicted molar refractivity (Wildman–Crippen MR) is 65.0 cm³/mol. The maximum absolute atomic E-state index is 11.7. The number of sulfonamides is 1. The molecule has 0 heterocycles. The maximum atomic E-state index is 11.7. The van der Waals surface area contributed by atoms with Gasteiger partial charge in [-0.25, -0.2) is 8.42 Å². The van der Waals surface area contributed by atoms with Crippen LogP contribution in [0, 0.1) is 5.41 Å². The molecule has 16 heavy (non-hydrogen) atoms. The number of benzene rings is 1. The molecule has 90 valence electrons. The minimum absolute atomic E-state index is 0.0374. The first-order valence-electron chi connectivity index (χ1n) is 4.97. The normalized spacial score (nSPS) is 12.4. The molecule has 0 spiro atoms. The third-order valence-electron chi connectivity index (χ3n) is 1.74. The van der Waals surface area contributed by atoms with Crippen LogP contribution in [0.4, 0.5) is 5.69 Å². The zero-order chi connectivity index (χ0) is 12.4. The van der Waals surface area contributed by atoms with Gasteiger partial charge in [-0.15, -0.1) is 0 Å². The second kappa shape index (κ2) is 4.33. The Hall–Kier alpha value is -1.23. The Morgan fingerprint density at radius 3 is 2.44 bits per heavy atom. The summed E-state index contributed by atoms with van der Waals surface area (Å²) in [5.74, 6) is 0.0753. The first kappa shape index (κ1) is 12.8. The molecule has 4 nitrogen and oxygen atoms in total. The Morgan fingerprint density at radius 2 is 1.94 bits per heavy atom. The number of rotatable bonds is 3. The van der Waals surface area contributed by atoms with Gasteiger partial charge in [-0.05, 0) is 17.5 Å². The van der Waals surface area contributed by atoms with Crippen LogP contribution >= 0.6 is 0 Å². The molecule has 0 saturated heterocycles. The SMILES string of the molecule is CC(C)(C)CS(=O)(=O)Nc1cccc(O)c1. The fourth-order valence-electron chi connectivity index (χ4n) is 1.36. The predicted octanol–water partition coefficient (Wildman–Crippen LogP) is 2.18. The molecule has 0 radical (unpaired) electrons. The van der Waals surface area contributed by atoms with E-state index in [2.05, 4.69) is 4.72 Å². The van der Waals surface area contributed by atoms with Gasteiger partial charge in [0.2, 0.25) is 10.0 Å². The van der Waals surface area contributed by atoms with E-state index in [1.54, 1.807) is 12.1 Å². The van der Waals surface area contributed by atoms with Crippen LogP contribution in [0.5, 0.6) is 5.75 Å². The van der Waals surface area contributed by atoms with Crippen molar-refractivity contribution in [3.63, 3.8) is 0 Å². The maximum Gasteiger partial charge on any atom is 0.233 e. The van der Waals surface area contributed by atoms with E-state index in [1.807, 2.05) is 20.8 Å². The van der Waals surface area contributed by atoms with E-state index in [9.17, 15) is 13.5 Å². The van der Waals surface area contributed by atoms with Crippen LogP contribution < -0.4 is 4.72 Å². The number of aromatic hydroxyl groups is 1. The third kappa shape index (κ3) is 4.53. The highest BCUT2D eigenvalue weighted by molar-refractivity contribution is 7.92. The standard InChI is InChI=1S/C11H17NO3S/c1-11(2,3)8-16(14,15)12-9-5-4-6-10(13)7-9/h4-7,12-13H,8H2,1-3H3. The molecular formula is C11H17NO3S. The Morgan fingerprint density at radius 1 is 1.31 bits per heavy atom. The third-order valence-corrected chi connectivity index (χ3v) is 3.54. The monoisotopic (exact) mass is 243 g/mol. The van der Waals surface area contributed by atoms with Crippen LogP contribution in [0.2, 0.25) is 0 Å². The van der Waals surface area contributed by atoms with Crippen LogP contribution in [0.25, 0.3) is 0 Å². The Labute approximate surface area is 96.4 Å². The van der Waals surface area contributed by atoms with Crippen molar-refractivity contribution in [1.82, 2.24) is 0 Å². The molecule has 1 aromatic carbocycles. The number of nitrogens with one attached hydrogen (secondary N) is 1. The van der Waals surface area contributed by atoms with Crippen molar-refractivity contribution in [2.75, 3.05) is 10.5 Å². The molecule has 0 aromatic heterocycles. The number of phenols is 1. The van der Waals surface area contributed by atoms with Gasteiger partial charge in [0.25, 0.3) is 0 Å². The molecule has 1 aromatic rings. The summed E-state index contributed by atoms with van der Waals surface area (Å²) in [5.41, 5.74) is 0.0760. The smallest absolute Gasteiger partial charge is 0.233 e.